The Kier molecular flexibility index (Phi) is 4.73. The zero-order valence-corrected chi connectivity index (χ0v) is 14.4. The summed E-state index contributed by atoms with van der Waals surface area (Å²) in [5.41, 5.74) is 6.08. The van der Waals surface area contributed by atoms with Crippen molar-refractivity contribution in [1.82, 2.24) is 9.97 Å². The molecule has 0 radical (unpaired) electrons. The number of aromatic amines is 1. The number of nitrogens with two attached hydrogens (primary N) is 1. The monoisotopic (exact) mass is 382 g/mol. The first-order valence-electron chi connectivity index (χ1n) is 7.04. The van der Waals surface area contributed by atoms with E-state index in [9.17, 15) is 18.4 Å². The van der Waals surface area contributed by atoms with Gasteiger partial charge >= 0.3 is 0 Å². The lowest BCUT2D eigenvalue weighted by Crippen LogP contribution is -2.23. The van der Waals surface area contributed by atoms with E-state index in [0.29, 0.717) is 15.7 Å². The van der Waals surface area contributed by atoms with Crippen molar-refractivity contribution in [2.45, 2.75) is 17.3 Å². The zero-order valence-electron chi connectivity index (χ0n) is 12.8. The third-order valence-electron chi connectivity index (χ3n) is 3.33. The van der Waals surface area contributed by atoms with Crippen LogP contribution in [0.25, 0.3) is 11.0 Å². The molecule has 0 aliphatic carbocycles. The number of thioether (sulfide) groups is 1. The third-order valence-corrected chi connectivity index (χ3v) is 5.14. The van der Waals surface area contributed by atoms with E-state index in [2.05, 4.69) is 15.3 Å². The predicted octanol–water partition coefficient (Wildman–Crippen LogP) is 3.12. The maximum Gasteiger partial charge on any atom is 0.251 e. The number of rotatable bonds is 5. The number of carbonyl (C=O) groups excluding carboxylic acids is 2. The van der Waals surface area contributed by atoms with Gasteiger partial charge in [-0.2, -0.15) is 0 Å². The average molecular weight is 382 g/mol. The normalized spacial score (nSPS) is 12.3. The van der Waals surface area contributed by atoms with Gasteiger partial charge in [-0.15, -0.1) is 11.3 Å². The Labute approximate surface area is 148 Å². The first kappa shape index (κ1) is 17.4. The molecule has 25 heavy (non-hydrogen) atoms. The molecule has 0 aliphatic heterocycles. The second kappa shape index (κ2) is 6.81. The molecule has 1 unspecified atom stereocenters. The Morgan fingerprint density at radius 3 is 2.80 bits per heavy atom. The smallest absolute Gasteiger partial charge is 0.251 e. The number of hydrogen-bond donors (Lipinski definition) is 3. The summed E-state index contributed by atoms with van der Waals surface area (Å²) >= 11 is 2.28. The number of nitrogens with one attached hydrogen (secondary N) is 2. The highest BCUT2D eigenvalue weighted by Gasteiger charge is 2.20. The molecule has 0 fully saturated rings. The largest absolute Gasteiger partial charge is 0.366 e. The van der Waals surface area contributed by atoms with Gasteiger partial charge in [-0.05, 0) is 18.4 Å². The number of halogens is 2. The Balaban J connectivity index is 1.73. The van der Waals surface area contributed by atoms with Gasteiger partial charge in [0.05, 0.1) is 21.8 Å². The summed E-state index contributed by atoms with van der Waals surface area (Å²) in [6, 6.07) is 3.53. The molecule has 0 spiro atoms. The van der Waals surface area contributed by atoms with Crippen LogP contribution in [-0.2, 0) is 4.79 Å². The summed E-state index contributed by atoms with van der Waals surface area (Å²) in [6.07, 6.45) is 0. The SMILES string of the molecule is CC(Sc1nc2cc(F)c(F)cc2[nH]1)C(=O)Nc1sccc1C(N)=O. The molecule has 2 aromatic heterocycles. The number of nitrogens with zero attached hydrogens (tertiary/aromatic N) is 1. The molecule has 4 N–H and O–H groups in total. The highest BCUT2D eigenvalue weighted by Crippen LogP contribution is 2.27. The third kappa shape index (κ3) is 3.64. The van der Waals surface area contributed by atoms with Gasteiger partial charge in [0, 0.05) is 12.1 Å². The number of amides is 2. The molecule has 1 aromatic carbocycles. The number of imidazole rings is 1. The van der Waals surface area contributed by atoms with Crippen molar-refractivity contribution in [2.24, 2.45) is 5.73 Å². The summed E-state index contributed by atoms with van der Waals surface area (Å²) in [5, 5.41) is 4.44. The number of benzene rings is 1. The summed E-state index contributed by atoms with van der Waals surface area (Å²) in [5.74, 6) is -2.95. The molecule has 1 atom stereocenters. The summed E-state index contributed by atoms with van der Waals surface area (Å²) in [7, 11) is 0. The van der Waals surface area contributed by atoms with E-state index in [-0.39, 0.29) is 17.0 Å². The maximum atomic E-state index is 13.2. The summed E-state index contributed by atoms with van der Waals surface area (Å²) in [6.45, 7) is 1.64. The molecule has 130 valence electrons. The standard InChI is InChI=1S/C15H12F2N4O2S2/c1-6(13(23)21-14-7(12(18)22)2-3-24-14)25-15-19-10-4-8(16)9(17)5-11(10)20-15/h2-6H,1H3,(H2,18,22)(H,19,20)(H,21,23). The van der Waals surface area contributed by atoms with Crippen LogP contribution in [0.2, 0.25) is 0 Å². The first-order valence-corrected chi connectivity index (χ1v) is 8.80. The molecule has 0 bridgehead atoms. The second-order valence-corrected chi connectivity index (χ2v) is 7.35. The van der Waals surface area contributed by atoms with E-state index in [4.69, 9.17) is 5.73 Å². The van der Waals surface area contributed by atoms with Crippen LogP contribution >= 0.6 is 23.1 Å². The van der Waals surface area contributed by atoms with Crippen LogP contribution in [-0.4, -0.2) is 27.0 Å². The van der Waals surface area contributed by atoms with Crippen molar-refractivity contribution in [3.8, 4) is 0 Å². The number of primary amides is 1. The van der Waals surface area contributed by atoms with E-state index in [1.807, 2.05) is 0 Å². The molecular weight excluding hydrogens is 370 g/mol. The molecule has 10 heteroatoms. The molecule has 3 rings (SSSR count). The van der Waals surface area contributed by atoms with E-state index in [0.717, 1.165) is 23.9 Å². The Morgan fingerprint density at radius 1 is 1.36 bits per heavy atom. The number of aromatic nitrogens is 2. The minimum absolute atomic E-state index is 0.241. The van der Waals surface area contributed by atoms with E-state index >= 15 is 0 Å². The van der Waals surface area contributed by atoms with Crippen LogP contribution in [0.15, 0.2) is 28.7 Å². The highest BCUT2D eigenvalue weighted by molar-refractivity contribution is 8.00. The lowest BCUT2D eigenvalue weighted by Gasteiger charge is -2.10. The van der Waals surface area contributed by atoms with Crippen LogP contribution in [0.4, 0.5) is 13.8 Å². The van der Waals surface area contributed by atoms with E-state index < -0.39 is 22.8 Å². The van der Waals surface area contributed by atoms with Crippen LogP contribution in [0, 0.1) is 11.6 Å². The maximum absolute atomic E-state index is 13.2. The minimum atomic E-state index is -0.988. The van der Waals surface area contributed by atoms with Crippen LogP contribution in [0.5, 0.6) is 0 Å². The highest BCUT2D eigenvalue weighted by atomic mass is 32.2. The zero-order chi connectivity index (χ0) is 18.1. The fourth-order valence-electron chi connectivity index (χ4n) is 2.07. The number of fused-ring (bicyclic) bond motifs is 1. The predicted molar refractivity (Wildman–Crippen MR) is 92.8 cm³/mol. The van der Waals surface area contributed by atoms with E-state index in [1.54, 1.807) is 12.3 Å². The van der Waals surface area contributed by atoms with Gasteiger partial charge in [0.1, 0.15) is 5.00 Å². The van der Waals surface area contributed by atoms with Gasteiger partial charge in [0.15, 0.2) is 16.8 Å². The lowest BCUT2D eigenvalue weighted by molar-refractivity contribution is -0.115. The van der Waals surface area contributed by atoms with Gasteiger partial charge in [-0.3, -0.25) is 9.59 Å². The lowest BCUT2D eigenvalue weighted by atomic mass is 10.3. The van der Waals surface area contributed by atoms with Gasteiger partial charge in [0.2, 0.25) is 5.91 Å². The van der Waals surface area contributed by atoms with Gasteiger partial charge in [0.25, 0.3) is 5.91 Å². The first-order chi connectivity index (χ1) is 11.8. The van der Waals surface area contributed by atoms with Crippen molar-refractivity contribution in [2.75, 3.05) is 5.32 Å². The fraction of sp³-hybridized carbons (Fsp3) is 0.133. The quantitative estimate of drug-likeness (QED) is 0.590. The van der Waals surface area contributed by atoms with Crippen molar-refractivity contribution in [3.05, 3.63) is 40.8 Å². The topological polar surface area (TPSA) is 101 Å². The molecule has 0 saturated carbocycles. The van der Waals surface area contributed by atoms with Crippen molar-refractivity contribution in [1.29, 1.82) is 0 Å². The average Bonchev–Trinajstić information content (AvgIpc) is 3.14. The molecule has 0 saturated heterocycles. The molecule has 6 nitrogen and oxygen atoms in total. The van der Waals surface area contributed by atoms with Crippen LogP contribution in [0.1, 0.15) is 17.3 Å². The minimum Gasteiger partial charge on any atom is -0.366 e. The van der Waals surface area contributed by atoms with Crippen molar-refractivity contribution in [3.63, 3.8) is 0 Å². The Hall–Kier alpha value is -2.46. The Bertz CT molecular complexity index is 931. The van der Waals surface area contributed by atoms with Crippen LogP contribution < -0.4 is 11.1 Å². The summed E-state index contributed by atoms with van der Waals surface area (Å²) < 4.78 is 26.5. The number of carbonyl (C=O) groups is 2. The molecule has 3 aromatic rings. The van der Waals surface area contributed by atoms with E-state index in [1.165, 1.54) is 17.4 Å². The number of hydrogen-bond acceptors (Lipinski definition) is 5. The number of anilines is 1. The van der Waals surface area contributed by atoms with Crippen molar-refractivity contribution < 1.29 is 18.4 Å². The molecular formula is C15H12F2N4O2S2. The molecule has 2 heterocycles. The van der Waals surface area contributed by atoms with Gasteiger partial charge < -0.3 is 16.0 Å². The second-order valence-electron chi connectivity index (χ2n) is 5.10. The van der Waals surface area contributed by atoms with Crippen molar-refractivity contribution >= 4 is 50.9 Å². The number of thiophene rings is 1. The Morgan fingerprint density at radius 2 is 2.08 bits per heavy atom. The fourth-order valence-corrected chi connectivity index (χ4v) is 3.69. The molecule has 2 amide bonds. The summed E-state index contributed by atoms with van der Waals surface area (Å²) in [4.78, 5) is 30.5. The van der Waals surface area contributed by atoms with Gasteiger partial charge in [-0.1, -0.05) is 11.8 Å². The van der Waals surface area contributed by atoms with Gasteiger partial charge in [-0.25, -0.2) is 13.8 Å². The number of H-pyrrole nitrogens is 1. The van der Waals surface area contributed by atoms with Crippen LogP contribution in [0.3, 0.4) is 0 Å². The molecule has 0 aliphatic rings.